The third-order valence-electron chi connectivity index (χ3n) is 4.72. The number of fused-ring (bicyclic) bond motifs is 1. The quantitative estimate of drug-likeness (QED) is 0.377. The number of rotatable bonds is 7. The smallest absolute Gasteiger partial charge is 0.276 e. The highest BCUT2D eigenvalue weighted by molar-refractivity contribution is 7.13. The summed E-state index contributed by atoms with van der Waals surface area (Å²) in [5.41, 5.74) is 6.31. The first-order valence-electron chi connectivity index (χ1n) is 9.26. The van der Waals surface area contributed by atoms with Gasteiger partial charge in [0.15, 0.2) is 16.8 Å². The van der Waals surface area contributed by atoms with Gasteiger partial charge in [0.25, 0.3) is 5.91 Å². The van der Waals surface area contributed by atoms with Crippen LogP contribution in [0.15, 0.2) is 30.3 Å². The first-order valence-corrected chi connectivity index (χ1v) is 10.5. The van der Waals surface area contributed by atoms with Crippen LogP contribution >= 0.6 is 22.9 Å². The van der Waals surface area contributed by atoms with Gasteiger partial charge in [-0.05, 0) is 43.4 Å². The van der Waals surface area contributed by atoms with Crippen molar-refractivity contribution in [1.82, 2.24) is 14.8 Å². The number of amides is 1. The van der Waals surface area contributed by atoms with Crippen LogP contribution in [0.5, 0.6) is 10.8 Å². The fraction of sp³-hybridized carbons (Fsp3) is 0.300. The van der Waals surface area contributed by atoms with Crippen molar-refractivity contribution in [2.24, 2.45) is 5.73 Å². The second-order valence-electron chi connectivity index (χ2n) is 6.55. The van der Waals surface area contributed by atoms with Crippen LogP contribution in [0, 0.1) is 5.41 Å². The maximum atomic E-state index is 12.5. The topological polar surface area (TPSA) is 98.4 Å². The van der Waals surface area contributed by atoms with Crippen molar-refractivity contribution >= 4 is 45.7 Å². The number of H-pyrrole nitrogens is 1. The molecule has 154 valence electrons. The molecule has 0 aliphatic rings. The van der Waals surface area contributed by atoms with E-state index in [1.807, 2.05) is 6.07 Å². The summed E-state index contributed by atoms with van der Waals surface area (Å²) in [7, 11) is 1.44. The summed E-state index contributed by atoms with van der Waals surface area (Å²) >= 11 is 7.91. The highest BCUT2D eigenvalue weighted by Crippen LogP contribution is 2.37. The first kappa shape index (κ1) is 21.2. The molecule has 9 heteroatoms. The van der Waals surface area contributed by atoms with Gasteiger partial charge in [-0.1, -0.05) is 25.4 Å². The van der Waals surface area contributed by atoms with Crippen molar-refractivity contribution < 1.29 is 9.53 Å². The molecule has 3 rings (SSSR count). The summed E-state index contributed by atoms with van der Waals surface area (Å²) in [5, 5.41) is 9.38. The van der Waals surface area contributed by atoms with E-state index in [2.05, 4.69) is 29.8 Å². The molecule has 3 aromatic rings. The molecule has 1 aromatic carbocycles. The van der Waals surface area contributed by atoms with Gasteiger partial charge in [0.2, 0.25) is 0 Å². The van der Waals surface area contributed by atoms with Gasteiger partial charge < -0.3 is 15.5 Å². The molecule has 0 unspecified atom stereocenters. The molecular weight excluding hydrogens is 410 g/mol. The van der Waals surface area contributed by atoms with Crippen molar-refractivity contribution in [2.45, 2.75) is 20.4 Å². The zero-order valence-corrected chi connectivity index (χ0v) is 18.2. The Morgan fingerprint density at radius 1 is 1.28 bits per heavy atom. The zero-order chi connectivity index (χ0) is 21.1. The summed E-state index contributed by atoms with van der Waals surface area (Å²) in [6.07, 6.45) is 0. The second kappa shape index (κ2) is 8.86. The van der Waals surface area contributed by atoms with Gasteiger partial charge in [0, 0.05) is 23.9 Å². The lowest BCUT2D eigenvalue weighted by Crippen LogP contribution is -2.38. The lowest BCUT2D eigenvalue weighted by Gasteiger charge is -2.16. The Labute approximate surface area is 178 Å². The van der Waals surface area contributed by atoms with Crippen LogP contribution in [0.25, 0.3) is 10.9 Å². The molecule has 0 saturated carbocycles. The third-order valence-corrected chi connectivity index (χ3v) is 6.00. The lowest BCUT2D eigenvalue weighted by atomic mass is 10.2. The fourth-order valence-corrected chi connectivity index (χ4v) is 4.04. The summed E-state index contributed by atoms with van der Waals surface area (Å²) in [6.45, 7) is 7.17. The molecule has 7 nitrogen and oxygen atoms in total. The maximum Gasteiger partial charge on any atom is 0.276 e. The Bertz CT molecular complexity index is 1040. The number of aromatic amines is 1. The molecule has 29 heavy (non-hydrogen) atoms. The minimum Gasteiger partial charge on any atom is -0.444 e. The van der Waals surface area contributed by atoms with E-state index in [9.17, 15) is 4.79 Å². The Morgan fingerprint density at radius 2 is 2.00 bits per heavy atom. The van der Waals surface area contributed by atoms with Gasteiger partial charge in [-0.3, -0.25) is 20.0 Å². The van der Waals surface area contributed by atoms with E-state index in [1.54, 1.807) is 29.5 Å². The van der Waals surface area contributed by atoms with Crippen LogP contribution in [-0.4, -0.2) is 46.8 Å². The number of nitrogens with one attached hydrogen (secondary N) is 2. The largest absolute Gasteiger partial charge is 0.444 e. The van der Waals surface area contributed by atoms with Gasteiger partial charge in [-0.25, -0.2) is 0 Å². The second-order valence-corrected chi connectivity index (χ2v) is 8.09. The molecule has 0 bridgehead atoms. The Hall–Kier alpha value is -2.55. The van der Waals surface area contributed by atoms with E-state index in [0.29, 0.717) is 21.7 Å². The molecule has 0 aliphatic heterocycles. The van der Waals surface area contributed by atoms with Crippen molar-refractivity contribution in [1.29, 1.82) is 5.41 Å². The zero-order valence-electron chi connectivity index (χ0n) is 16.6. The number of guanidine groups is 1. The van der Waals surface area contributed by atoms with Crippen LogP contribution in [0.2, 0.25) is 5.02 Å². The number of halogens is 1. The first-order chi connectivity index (χ1) is 13.8. The van der Waals surface area contributed by atoms with E-state index in [0.717, 1.165) is 29.6 Å². The van der Waals surface area contributed by atoms with Crippen molar-refractivity contribution in [3.05, 3.63) is 45.9 Å². The van der Waals surface area contributed by atoms with Gasteiger partial charge in [-0.15, -0.1) is 11.3 Å². The van der Waals surface area contributed by atoms with Crippen LogP contribution in [0.3, 0.4) is 0 Å². The van der Waals surface area contributed by atoms with E-state index >= 15 is 0 Å². The average molecular weight is 434 g/mol. The Balaban J connectivity index is 1.89. The molecule has 2 aromatic heterocycles. The maximum absolute atomic E-state index is 12.5. The summed E-state index contributed by atoms with van der Waals surface area (Å²) in [4.78, 5) is 20.2. The Morgan fingerprint density at radius 3 is 2.66 bits per heavy atom. The lowest BCUT2D eigenvalue weighted by molar-refractivity contribution is 0.0864. The number of aromatic nitrogens is 1. The molecule has 4 N–H and O–H groups in total. The van der Waals surface area contributed by atoms with Crippen LogP contribution in [0.4, 0.5) is 0 Å². The van der Waals surface area contributed by atoms with Crippen LogP contribution in [0.1, 0.15) is 29.2 Å². The average Bonchev–Trinajstić information content (AvgIpc) is 3.34. The SMILES string of the molecule is CCN(CC)Cc1ccc(Oc2ccc(Cl)c3cc(C(=O)N(C)C(=N)N)[nH]c23)s1. The number of benzene rings is 1. The highest BCUT2D eigenvalue weighted by atomic mass is 35.5. The van der Waals surface area contributed by atoms with E-state index < -0.39 is 5.91 Å². The molecule has 0 aliphatic carbocycles. The number of nitrogens with two attached hydrogens (primary N) is 1. The summed E-state index contributed by atoms with van der Waals surface area (Å²) < 4.78 is 6.10. The number of nitrogens with zero attached hydrogens (tertiary/aromatic N) is 2. The van der Waals surface area contributed by atoms with Crippen molar-refractivity contribution in [2.75, 3.05) is 20.1 Å². The van der Waals surface area contributed by atoms with Crippen molar-refractivity contribution in [3.63, 3.8) is 0 Å². The molecule has 1 amide bonds. The van der Waals surface area contributed by atoms with Gasteiger partial charge in [-0.2, -0.15) is 0 Å². The monoisotopic (exact) mass is 433 g/mol. The van der Waals surface area contributed by atoms with Crippen molar-refractivity contribution in [3.8, 4) is 10.8 Å². The van der Waals surface area contributed by atoms with Gasteiger partial charge in [0.05, 0.1) is 10.5 Å². The number of carbonyl (C=O) groups excluding carboxylic acids is 1. The number of hydrogen-bond donors (Lipinski definition) is 3. The molecule has 0 radical (unpaired) electrons. The molecule has 0 atom stereocenters. The predicted octanol–water partition coefficient (Wildman–Crippen LogP) is 4.48. The number of thiophene rings is 1. The normalized spacial score (nSPS) is 11.2. The third kappa shape index (κ3) is 4.55. The minimum absolute atomic E-state index is 0.282. The number of carbonyl (C=O) groups is 1. The van der Waals surface area contributed by atoms with E-state index in [4.69, 9.17) is 27.5 Å². The molecule has 0 saturated heterocycles. The minimum atomic E-state index is -0.423. The summed E-state index contributed by atoms with van der Waals surface area (Å²) in [5.74, 6) is -0.186. The fourth-order valence-electron chi connectivity index (χ4n) is 2.92. The van der Waals surface area contributed by atoms with Gasteiger partial charge in [0.1, 0.15) is 5.69 Å². The molecule has 2 heterocycles. The van der Waals surface area contributed by atoms with Gasteiger partial charge >= 0.3 is 0 Å². The Kier molecular flexibility index (Phi) is 6.46. The molecular formula is C20H24ClN5O2S. The predicted molar refractivity (Wildman–Crippen MR) is 118 cm³/mol. The summed E-state index contributed by atoms with van der Waals surface area (Å²) in [6, 6.07) is 9.17. The number of hydrogen-bond acceptors (Lipinski definition) is 5. The number of ether oxygens (including phenoxy) is 1. The molecule has 0 fully saturated rings. The van der Waals surface area contributed by atoms with Crippen LogP contribution in [-0.2, 0) is 6.54 Å². The van der Waals surface area contributed by atoms with Crippen LogP contribution < -0.4 is 10.5 Å². The standard InChI is InChI=1S/C20H24ClN5O2S/c1-4-26(5-2)11-12-6-9-17(29-12)28-16-8-7-14(21)13-10-15(24-18(13)16)19(27)25(3)20(22)23/h6-10,24H,4-5,11H2,1-3H3,(H3,22,23). The van der Waals surface area contributed by atoms with E-state index in [1.165, 1.54) is 11.9 Å². The highest BCUT2D eigenvalue weighted by Gasteiger charge is 2.19. The molecule has 0 spiro atoms. The van der Waals surface area contributed by atoms with E-state index in [-0.39, 0.29) is 11.7 Å².